The molecule has 0 radical (unpaired) electrons. The molecule has 0 bridgehead atoms. The second-order valence-electron chi connectivity index (χ2n) is 5.19. The molecule has 1 unspecified atom stereocenters. The van der Waals surface area contributed by atoms with Crippen molar-refractivity contribution in [1.29, 1.82) is 0 Å². The van der Waals surface area contributed by atoms with Crippen LogP contribution in [0.1, 0.15) is 42.5 Å². The minimum atomic E-state index is 0.381. The Labute approximate surface area is 124 Å². The Morgan fingerprint density at radius 3 is 3.26 bits per heavy atom. The molecule has 1 aromatic carbocycles. The molecular formula is C15H20ClNOS. The monoisotopic (exact) mass is 297 g/mol. The molecule has 0 amide bonds. The Hall–Kier alpha value is -0.380. The molecule has 104 valence electrons. The van der Waals surface area contributed by atoms with Crippen molar-refractivity contribution in [2.45, 2.75) is 38.0 Å². The molecule has 0 spiro atoms. The van der Waals surface area contributed by atoms with E-state index < -0.39 is 0 Å². The second-order valence-corrected chi connectivity index (χ2v) is 6.70. The summed E-state index contributed by atoms with van der Waals surface area (Å²) in [6, 6.07) is 2.51. The molecular weight excluding hydrogens is 278 g/mol. The highest BCUT2D eigenvalue weighted by atomic mass is 35.5. The van der Waals surface area contributed by atoms with Gasteiger partial charge in [-0.15, -0.1) is 0 Å². The first-order chi connectivity index (χ1) is 9.31. The molecule has 1 atom stereocenters. The van der Waals surface area contributed by atoms with Crippen LogP contribution in [-0.4, -0.2) is 18.9 Å². The van der Waals surface area contributed by atoms with Crippen LogP contribution in [0.15, 0.2) is 6.07 Å². The van der Waals surface area contributed by atoms with Gasteiger partial charge in [-0.1, -0.05) is 18.5 Å². The lowest BCUT2D eigenvalue weighted by molar-refractivity contribution is 0.353. The van der Waals surface area contributed by atoms with Crippen molar-refractivity contribution in [3.05, 3.63) is 27.8 Å². The summed E-state index contributed by atoms with van der Waals surface area (Å²) in [5.41, 5.74) is 3.93. The van der Waals surface area contributed by atoms with E-state index in [1.165, 1.54) is 22.4 Å². The number of benzene rings is 1. The minimum absolute atomic E-state index is 0.381. The lowest BCUT2D eigenvalue weighted by atomic mass is 9.95. The molecule has 2 nitrogen and oxygen atoms in total. The Bertz CT molecular complexity index is 478. The van der Waals surface area contributed by atoms with Gasteiger partial charge >= 0.3 is 0 Å². The van der Waals surface area contributed by atoms with Crippen LogP contribution in [0.2, 0.25) is 5.02 Å². The number of ether oxygens (including phenoxy) is 1. The predicted molar refractivity (Wildman–Crippen MR) is 82.5 cm³/mol. The molecule has 0 aromatic heterocycles. The molecule has 19 heavy (non-hydrogen) atoms. The van der Waals surface area contributed by atoms with Crippen LogP contribution < -0.4 is 10.1 Å². The summed E-state index contributed by atoms with van der Waals surface area (Å²) in [5, 5.41) is 4.57. The zero-order valence-electron chi connectivity index (χ0n) is 11.3. The number of hydrogen-bond donors (Lipinski definition) is 1. The number of thioether (sulfide) groups is 1. The van der Waals surface area contributed by atoms with Crippen LogP contribution in [-0.2, 0) is 12.2 Å². The van der Waals surface area contributed by atoms with Gasteiger partial charge in [-0.2, -0.15) is 11.8 Å². The van der Waals surface area contributed by atoms with Crippen molar-refractivity contribution in [2.75, 3.05) is 18.9 Å². The van der Waals surface area contributed by atoms with E-state index in [-0.39, 0.29) is 0 Å². The van der Waals surface area contributed by atoms with Gasteiger partial charge in [0.2, 0.25) is 0 Å². The van der Waals surface area contributed by atoms with E-state index in [1.54, 1.807) is 0 Å². The van der Waals surface area contributed by atoms with Gasteiger partial charge in [0, 0.05) is 28.8 Å². The maximum absolute atomic E-state index is 6.57. The van der Waals surface area contributed by atoms with Crippen LogP contribution >= 0.6 is 23.4 Å². The molecule has 2 aliphatic heterocycles. The van der Waals surface area contributed by atoms with Crippen LogP contribution in [0.4, 0.5) is 0 Å². The molecule has 4 heteroatoms. The Balaban J connectivity index is 2.03. The van der Waals surface area contributed by atoms with Crippen molar-refractivity contribution in [3.8, 4) is 5.75 Å². The van der Waals surface area contributed by atoms with Crippen molar-refractivity contribution < 1.29 is 4.74 Å². The Morgan fingerprint density at radius 2 is 2.42 bits per heavy atom. The quantitative estimate of drug-likeness (QED) is 0.913. The normalized spacial score (nSPS) is 21.5. The Kier molecular flexibility index (Phi) is 4.25. The van der Waals surface area contributed by atoms with Gasteiger partial charge in [0.1, 0.15) is 5.75 Å². The van der Waals surface area contributed by atoms with E-state index in [1.807, 2.05) is 11.8 Å². The van der Waals surface area contributed by atoms with Gasteiger partial charge < -0.3 is 10.1 Å². The second kappa shape index (κ2) is 5.94. The molecule has 0 aliphatic carbocycles. The van der Waals surface area contributed by atoms with Gasteiger partial charge in [0.05, 0.1) is 6.61 Å². The average Bonchev–Trinajstić information content (AvgIpc) is 2.76. The minimum Gasteiger partial charge on any atom is -0.493 e. The van der Waals surface area contributed by atoms with E-state index in [2.05, 4.69) is 18.3 Å². The SMILES string of the molecule is CCCNC1CCSCc2c3c(cc(Cl)c21)CCO3. The maximum atomic E-state index is 6.57. The van der Waals surface area contributed by atoms with E-state index in [9.17, 15) is 0 Å². The summed E-state index contributed by atoms with van der Waals surface area (Å²) < 4.78 is 5.86. The summed E-state index contributed by atoms with van der Waals surface area (Å²) in [6.07, 6.45) is 3.30. The maximum Gasteiger partial charge on any atom is 0.127 e. The number of halogens is 1. The fraction of sp³-hybridized carbons (Fsp3) is 0.600. The molecule has 2 heterocycles. The molecule has 1 aromatic rings. The lowest BCUT2D eigenvalue weighted by Gasteiger charge is -2.21. The number of nitrogens with one attached hydrogen (secondary N) is 1. The zero-order valence-corrected chi connectivity index (χ0v) is 12.9. The third-order valence-electron chi connectivity index (χ3n) is 3.85. The lowest BCUT2D eigenvalue weighted by Crippen LogP contribution is -2.23. The van der Waals surface area contributed by atoms with Gasteiger partial charge in [-0.05, 0) is 42.3 Å². The summed E-state index contributed by atoms with van der Waals surface area (Å²) in [7, 11) is 0. The highest BCUT2D eigenvalue weighted by Crippen LogP contribution is 2.44. The molecule has 0 saturated heterocycles. The number of fused-ring (bicyclic) bond motifs is 3. The highest BCUT2D eigenvalue weighted by Gasteiger charge is 2.28. The number of hydrogen-bond acceptors (Lipinski definition) is 3. The molecule has 0 fully saturated rings. The third kappa shape index (κ3) is 2.61. The summed E-state index contributed by atoms with van der Waals surface area (Å²) >= 11 is 8.56. The van der Waals surface area contributed by atoms with Gasteiger partial charge in [0.25, 0.3) is 0 Å². The van der Waals surface area contributed by atoms with Crippen molar-refractivity contribution in [2.24, 2.45) is 0 Å². The Morgan fingerprint density at radius 1 is 1.53 bits per heavy atom. The molecule has 1 N–H and O–H groups in total. The molecule has 0 saturated carbocycles. The van der Waals surface area contributed by atoms with Gasteiger partial charge in [0.15, 0.2) is 0 Å². The first-order valence-corrected chi connectivity index (χ1v) is 8.62. The number of rotatable bonds is 3. The fourth-order valence-corrected chi connectivity index (χ4v) is 4.36. The average molecular weight is 298 g/mol. The molecule has 3 rings (SSSR count). The van der Waals surface area contributed by atoms with Crippen molar-refractivity contribution in [3.63, 3.8) is 0 Å². The smallest absolute Gasteiger partial charge is 0.127 e. The standard InChI is InChI=1S/C15H20ClNOS/c1-2-5-17-13-4-7-19-9-11-14(13)12(16)8-10-3-6-18-15(10)11/h8,13,17H,2-7,9H2,1H3. The van der Waals surface area contributed by atoms with E-state index in [0.717, 1.165) is 48.9 Å². The predicted octanol–water partition coefficient (Wildman–Crippen LogP) is 3.95. The highest BCUT2D eigenvalue weighted by molar-refractivity contribution is 7.98. The van der Waals surface area contributed by atoms with E-state index in [0.29, 0.717) is 6.04 Å². The van der Waals surface area contributed by atoms with Crippen LogP contribution in [0.25, 0.3) is 0 Å². The summed E-state index contributed by atoms with van der Waals surface area (Å²) in [5.74, 6) is 3.33. The van der Waals surface area contributed by atoms with Crippen LogP contribution in [0.5, 0.6) is 5.75 Å². The molecule has 2 aliphatic rings. The van der Waals surface area contributed by atoms with Gasteiger partial charge in [-0.3, -0.25) is 0 Å². The first kappa shape index (κ1) is 13.6. The largest absolute Gasteiger partial charge is 0.493 e. The summed E-state index contributed by atoms with van der Waals surface area (Å²) in [6.45, 7) is 4.05. The first-order valence-electron chi connectivity index (χ1n) is 7.09. The van der Waals surface area contributed by atoms with Crippen LogP contribution in [0, 0.1) is 0 Å². The van der Waals surface area contributed by atoms with Crippen molar-refractivity contribution >= 4 is 23.4 Å². The fourth-order valence-electron chi connectivity index (χ4n) is 2.95. The third-order valence-corrected chi connectivity index (χ3v) is 5.18. The van der Waals surface area contributed by atoms with Crippen LogP contribution in [0.3, 0.4) is 0 Å². The summed E-state index contributed by atoms with van der Waals surface area (Å²) in [4.78, 5) is 0. The van der Waals surface area contributed by atoms with E-state index >= 15 is 0 Å². The van der Waals surface area contributed by atoms with Crippen molar-refractivity contribution in [1.82, 2.24) is 5.32 Å². The zero-order chi connectivity index (χ0) is 13.2. The van der Waals surface area contributed by atoms with Gasteiger partial charge in [-0.25, -0.2) is 0 Å². The van der Waals surface area contributed by atoms with E-state index in [4.69, 9.17) is 16.3 Å². The topological polar surface area (TPSA) is 21.3 Å².